The van der Waals surface area contributed by atoms with Crippen molar-refractivity contribution in [2.24, 2.45) is 17.6 Å². The number of hydrogen-bond donors (Lipinski definition) is 1. The molecule has 98 valence electrons. The molecule has 1 aromatic carbocycles. The highest BCUT2D eigenvalue weighted by Crippen LogP contribution is 2.41. The van der Waals surface area contributed by atoms with E-state index in [1.807, 2.05) is 0 Å². The van der Waals surface area contributed by atoms with Crippen molar-refractivity contribution in [1.82, 2.24) is 4.90 Å². The minimum absolute atomic E-state index is 0.837. The Morgan fingerprint density at radius 3 is 2.78 bits per heavy atom. The monoisotopic (exact) mass is 244 g/mol. The summed E-state index contributed by atoms with van der Waals surface area (Å²) in [7, 11) is 0. The molecule has 2 bridgehead atoms. The molecular formula is C16H24N2. The summed E-state index contributed by atoms with van der Waals surface area (Å²) in [4.78, 5) is 2.70. The van der Waals surface area contributed by atoms with Gasteiger partial charge < -0.3 is 5.73 Å². The van der Waals surface area contributed by atoms with Crippen LogP contribution in [-0.2, 0) is 6.54 Å². The largest absolute Gasteiger partial charge is 0.330 e. The molecule has 1 aliphatic heterocycles. The average molecular weight is 244 g/mol. The van der Waals surface area contributed by atoms with Crippen LogP contribution in [0.5, 0.6) is 0 Å². The van der Waals surface area contributed by atoms with Crippen LogP contribution in [0.3, 0.4) is 0 Å². The number of likely N-dealkylation sites (tertiary alicyclic amines) is 1. The number of benzene rings is 1. The summed E-state index contributed by atoms with van der Waals surface area (Å²) in [5.41, 5.74) is 7.19. The van der Waals surface area contributed by atoms with E-state index in [2.05, 4.69) is 35.2 Å². The number of hydrogen-bond acceptors (Lipinski definition) is 2. The molecule has 2 aliphatic rings. The molecule has 3 unspecified atom stereocenters. The lowest BCUT2D eigenvalue weighted by Crippen LogP contribution is -2.28. The van der Waals surface area contributed by atoms with Gasteiger partial charge in [0, 0.05) is 19.1 Å². The van der Waals surface area contributed by atoms with Crippen LogP contribution < -0.4 is 5.73 Å². The summed E-state index contributed by atoms with van der Waals surface area (Å²) in [5.74, 6) is 1.81. The van der Waals surface area contributed by atoms with Gasteiger partial charge in [-0.2, -0.15) is 0 Å². The average Bonchev–Trinajstić information content (AvgIpc) is 2.72. The number of fused-ring (bicyclic) bond motifs is 2. The molecule has 1 saturated carbocycles. The van der Waals surface area contributed by atoms with E-state index in [1.165, 1.54) is 37.8 Å². The maximum absolute atomic E-state index is 5.73. The van der Waals surface area contributed by atoms with Gasteiger partial charge in [0.2, 0.25) is 0 Å². The molecule has 0 spiro atoms. The van der Waals surface area contributed by atoms with Crippen molar-refractivity contribution >= 4 is 0 Å². The van der Waals surface area contributed by atoms with E-state index >= 15 is 0 Å². The van der Waals surface area contributed by atoms with Crippen molar-refractivity contribution in [3.8, 4) is 0 Å². The molecule has 2 heteroatoms. The Balaban J connectivity index is 1.63. The van der Waals surface area contributed by atoms with Crippen molar-refractivity contribution in [1.29, 1.82) is 0 Å². The normalized spacial score (nSPS) is 31.7. The Morgan fingerprint density at radius 1 is 1.17 bits per heavy atom. The minimum atomic E-state index is 0.837. The van der Waals surface area contributed by atoms with Gasteiger partial charge in [-0.15, -0.1) is 0 Å². The molecule has 3 rings (SSSR count). The van der Waals surface area contributed by atoms with Crippen molar-refractivity contribution < 1.29 is 0 Å². The number of nitrogens with zero attached hydrogens (tertiary/aromatic N) is 1. The van der Waals surface area contributed by atoms with Crippen molar-refractivity contribution in [2.75, 3.05) is 13.1 Å². The molecule has 0 aromatic heterocycles. The first-order valence-corrected chi connectivity index (χ1v) is 7.35. The zero-order chi connectivity index (χ0) is 12.4. The second kappa shape index (κ2) is 5.41. The second-order valence-corrected chi connectivity index (χ2v) is 5.98. The highest BCUT2D eigenvalue weighted by Gasteiger charge is 2.39. The first-order chi connectivity index (χ1) is 8.86. The van der Waals surface area contributed by atoms with Gasteiger partial charge in [0.05, 0.1) is 0 Å². The second-order valence-electron chi connectivity index (χ2n) is 5.98. The zero-order valence-electron chi connectivity index (χ0n) is 11.1. The molecule has 2 nitrogen and oxygen atoms in total. The Morgan fingerprint density at radius 2 is 2.00 bits per heavy atom. The quantitative estimate of drug-likeness (QED) is 0.882. The lowest BCUT2D eigenvalue weighted by molar-refractivity contribution is 0.226. The fourth-order valence-electron chi connectivity index (χ4n) is 3.91. The predicted octanol–water partition coefficient (Wildman–Crippen LogP) is 2.64. The van der Waals surface area contributed by atoms with Crippen LogP contribution in [0.2, 0.25) is 0 Å². The van der Waals surface area contributed by atoms with Crippen LogP contribution in [0.4, 0.5) is 0 Å². The molecule has 1 heterocycles. The SMILES string of the molecule is NCCC1CCC2CC1CN2Cc1ccccc1. The Kier molecular flexibility index (Phi) is 3.67. The van der Waals surface area contributed by atoms with Gasteiger partial charge in [-0.05, 0) is 49.6 Å². The van der Waals surface area contributed by atoms with E-state index in [0.717, 1.165) is 31.0 Å². The van der Waals surface area contributed by atoms with E-state index in [1.54, 1.807) is 0 Å². The van der Waals surface area contributed by atoms with Crippen LogP contribution in [0.1, 0.15) is 31.2 Å². The molecule has 0 radical (unpaired) electrons. The van der Waals surface area contributed by atoms with Crippen LogP contribution >= 0.6 is 0 Å². The highest BCUT2D eigenvalue weighted by molar-refractivity contribution is 5.15. The summed E-state index contributed by atoms with van der Waals surface area (Å²) in [6.07, 6.45) is 5.43. The molecule has 2 fully saturated rings. The summed E-state index contributed by atoms with van der Waals surface area (Å²) >= 11 is 0. The van der Waals surface area contributed by atoms with Crippen molar-refractivity contribution in [2.45, 2.75) is 38.3 Å². The zero-order valence-corrected chi connectivity index (χ0v) is 11.1. The summed E-state index contributed by atoms with van der Waals surface area (Å²) in [5, 5.41) is 0. The molecule has 3 atom stereocenters. The van der Waals surface area contributed by atoms with Crippen LogP contribution in [0.15, 0.2) is 30.3 Å². The maximum Gasteiger partial charge on any atom is 0.0236 e. The minimum Gasteiger partial charge on any atom is -0.330 e. The number of rotatable bonds is 4. The molecule has 1 saturated heterocycles. The molecule has 2 N–H and O–H groups in total. The molecule has 18 heavy (non-hydrogen) atoms. The van der Waals surface area contributed by atoms with E-state index in [-0.39, 0.29) is 0 Å². The first-order valence-electron chi connectivity index (χ1n) is 7.35. The Bertz CT molecular complexity index is 376. The lowest BCUT2D eigenvalue weighted by atomic mass is 9.78. The van der Waals surface area contributed by atoms with Gasteiger partial charge in [-0.1, -0.05) is 30.3 Å². The Hall–Kier alpha value is -0.860. The molecular weight excluding hydrogens is 220 g/mol. The van der Waals surface area contributed by atoms with Crippen LogP contribution in [0.25, 0.3) is 0 Å². The van der Waals surface area contributed by atoms with Crippen LogP contribution in [0, 0.1) is 11.8 Å². The van der Waals surface area contributed by atoms with Gasteiger partial charge in [-0.25, -0.2) is 0 Å². The standard InChI is InChI=1S/C16H24N2/c17-9-8-14-6-7-16-10-15(14)12-18(16)11-13-4-2-1-3-5-13/h1-5,14-16H,6-12,17H2. The van der Waals surface area contributed by atoms with Gasteiger partial charge >= 0.3 is 0 Å². The summed E-state index contributed by atoms with van der Waals surface area (Å²) < 4.78 is 0. The smallest absolute Gasteiger partial charge is 0.0236 e. The lowest BCUT2D eigenvalue weighted by Gasteiger charge is -2.28. The number of nitrogens with two attached hydrogens (primary N) is 1. The van der Waals surface area contributed by atoms with Gasteiger partial charge in [0.25, 0.3) is 0 Å². The molecule has 1 aliphatic carbocycles. The van der Waals surface area contributed by atoms with E-state index in [4.69, 9.17) is 5.73 Å². The molecule has 1 aromatic rings. The third-order valence-corrected chi connectivity index (χ3v) is 4.86. The van der Waals surface area contributed by atoms with Gasteiger partial charge in [-0.3, -0.25) is 4.90 Å². The maximum atomic E-state index is 5.73. The summed E-state index contributed by atoms with van der Waals surface area (Å²) in [6.45, 7) is 3.30. The fraction of sp³-hybridized carbons (Fsp3) is 0.625. The Labute approximate surface area is 110 Å². The van der Waals surface area contributed by atoms with Crippen LogP contribution in [-0.4, -0.2) is 24.0 Å². The van der Waals surface area contributed by atoms with E-state index in [9.17, 15) is 0 Å². The van der Waals surface area contributed by atoms with Crippen molar-refractivity contribution in [3.63, 3.8) is 0 Å². The van der Waals surface area contributed by atoms with Gasteiger partial charge in [0.15, 0.2) is 0 Å². The predicted molar refractivity (Wildman–Crippen MR) is 75.1 cm³/mol. The fourth-order valence-corrected chi connectivity index (χ4v) is 3.91. The summed E-state index contributed by atoms with van der Waals surface area (Å²) in [6, 6.07) is 11.7. The topological polar surface area (TPSA) is 29.3 Å². The van der Waals surface area contributed by atoms with E-state index in [0.29, 0.717) is 0 Å². The molecule has 0 amide bonds. The van der Waals surface area contributed by atoms with Gasteiger partial charge in [0.1, 0.15) is 0 Å². The first kappa shape index (κ1) is 12.2. The highest BCUT2D eigenvalue weighted by atomic mass is 15.2. The van der Waals surface area contributed by atoms with Crippen molar-refractivity contribution in [3.05, 3.63) is 35.9 Å². The third-order valence-electron chi connectivity index (χ3n) is 4.86. The van der Waals surface area contributed by atoms with E-state index < -0.39 is 0 Å². The third kappa shape index (κ3) is 2.45.